The van der Waals surface area contributed by atoms with Crippen molar-refractivity contribution in [3.05, 3.63) is 56.5 Å². The Labute approximate surface area is 136 Å². The monoisotopic (exact) mass is 442 g/mol. The summed E-state index contributed by atoms with van der Waals surface area (Å²) < 4.78 is 3.42. The second-order valence-corrected chi connectivity index (χ2v) is 6.38. The van der Waals surface area contributed by atoms with E-state index in [9.17, 15) is 9.90 Å². The molecule has 1 aromatic carbocycles. The molecule has 2 aromatic heterocycles. The number of halogens is 2. The van der Waals surface area contributed by atoms with Crippen LogP contribution >= 0.6 is 38.5 Å². The number of nitrogens with zero attached hydrogens (tertiary/aromatic N) is 2. The predicted molar refractivity (Wildman–Crippen MR) is 88.4 cm³/mol. The van der Waals surface area contributed by atoms with Crippen molar-refractivity contribution in [3.63, 3.8) is 0 Å². The summed E-state index contributed by atoms with van der Waals surface area (Å²) in [5, 5.41) is 10.3. The Morgan fingerprint density at radius 3 is 2.90 bits per heavy atom. The third kappa shape index (κ3) is 2.33. The molecule has 3 aromatic rings. The number of aromatic nitrogens is 2. The summed E-state index contributed by atoms with van der Waals surface area (Å²) in [5.41, 5.74) is 1.76. The number of hydrogen-bond donors (Lipinski definition) is 1. The Kier molecular flexibility index (Phi) is 3.51. The van der Waals surface area contributed by atoms with Gasteiger partial charge in [-0.2, -0.15) is 0 Å². The van der Waals surface area contributed by atoms with Gasteiger partial charge in [-0.1, -0.05) is 12.1 Å². The molecule has 0 atom stereocenters. The molecule has 0 aliphatic heterocycles. The molecule has 20 heavy (non-hydrogen) atoms. The summed E-state index contributed by atoms with van der Waals surface area (Å²) in [7, 11) is 0. The molecule has 0 radical (unpaired) electrons. The summed E-state index contributed by atoms with van der Waals surface area (Å²) in [6.45, 7) is 0. The van der Waals surface area contributed by atoms with E-state index in [1.165, 1.54) is 0 Å². The van der Waals surface area contributed by atoms with Gasteiger partial charge >= 0.3 is 5.97 Å². The Bertz CT molecular complexity index is 829. The molecule has 4 nitrogen and oxygen atoms in total. The van der Waals surface area contributed by atoms with Crippen LogP contribution in [-0.4, -0.2) is 20.6 Å². The zero-order valence-electron chi connectivity index (χ0n) is 10.0. The maximum absolute atomic E-state index is 11.3. The molecule has 0 unspecified atom stereocenters. The average molecular weight is 443 g/mol. The molecule has 0 bridgehead atoms. The fraction of sp³-hybridized carbons (Fsp3) is 0. The highest BCUT2D eigenvalue weighted by molar-refractivity contribution is 14.1. The van der Waals surface area contributed by atoms with Crippen LogP contribution in [0.25, 0.3) is 16.6 Å². The van der Waals surface area contributed by atoms with E-state index in [1.54, 1.807) is 23.0 Å². The number of fused-ring (bicyclic) bond motifs is 1. The van der Waals surface area contributed by atoms with E-state index in [0.29, 0.717) is 0 Å². The molecular formula is C14H8BrIN2O2. The smallest absolute Gasteiger partial charge is 0.352 e. The van der Waals surface area contributed by atoms with Gasteiger partial charge in [0.1, 0.15) is 5.69 Å². The highest BCUT2D eigenvalue weighted by Gasteiger charge is 2.15. The van der Waals surface area contributed by atoms with Gasteiger partial charge in [0, 0.05) is 25.8 Å². The van der Waals surface area contributed by atoms with Crippen molar-refractivity contribution in [2.75, 3.05) is 0 Å². The maximum Gasteiger partial charge on any atom is 0.352 e. The van der Waals surface area contributed by atoms with E-state index in [-0.39, 0.29) is 5.69 Å². The number of rotatable bonds is 2. The standard InChI is InChI=1S/C14H8BrIN2O2/c15-9-4-8-2-1-3-11(13(8)17-6-9)18-7-10(16)5-12(18)14(19)20/h1-7H,(H,19,20). The van der Waals surface area contributed by atoms with E-state index in [0.717, 1.165) is 24.6 Å². The van der Waals surface area contributed by atoms with E-state index in [1.807, 2.05) is 24.3 Å². The van der Waals surface area contributed by atoms with Crippen LogP contribution in [0.1, 0.15) is 10.5 Å². The molecule has 6 heteroatoms. The average Bonchev–Trinajstić information content (AvgIpc) is 2.80. The highest BCUT2D eigenvalue weighted by atomic mass is 127. The highest BCUT2D eigenvalue weighted by Crippen LogP contribution is 2.25. The topological polar surface area (TPSA) is 55.1 Å². The van der Waals surface area contributed by atoms with Crippen molar-refractivity contribution < 1.29 is 9.90 Å². The van der Waals surface area contributed by atoms with Gasteiger partial charge in [-0.05, 0) is 56.7 Å². The Balaban J connectivity index is 2.32. The first-order valence-corrected chi connectivity index (χ1v) is 7.59. The van der Waals surface area contributed by atoms with Crippen molar-refractivity contribution in [2.24, 2.45) is 0 Å². The van der Waals surface area contributed by atoms with Crippen LogP contribution in [0.3, 0.4) is 0 Å². The minimum atomic E-state index is -0.956. The Hall–Kier alpha value is -1.41. The molecule has 0 saturated heterocycles. The van der Waals surface area contributed by atoms with Crippen molar-refractivity contribution in [1.82, 2.24) is 9.55 Å². The minimum absolute atomic E-state index is 0.228. The van der Waals surface area contributed by atoms with Crippen LogP contribution < -0.4 is 0 Å². The fourth-order valence-corrected chi connectivity index (χ4v) is 3.03. The number of pyridine rings is 1. The molecule has 0 aliphatic carbocycles. The lowest BCUT2D eigenvalue weighted by atomic mass is 10.2. The van der Waals surface area contributed by atoms with Gasteiger partial charge in [-0.25, -0.2) is 4.79 Å². The largest absolute Gasteiger partial charge is 0.477 e. The first-order chi connectivity index (χ1) is 9.56. The number of benzene rings is 1. The molecule has 0 saturated carbocycles. The van der Waals surface area contributed by atoms with Gasteiger partial charge in [0.15, 0.2) is 0 Å². The molecule has 1 N–H and O–H groups in total. The number of para-hydroxylation sites is 1. The van der Waals surface area contributed by atoms with E-state index in [2.05, 4.69) is 43.5 Å². The molecule has 0 fully saturated rings. The lowest BCUT2D eigenvalue weighted by Crippen LogP contribution is -2.06. The van der Waals surface area contributed by atoms with Crippen molar-refractivity contribution >= 4 is 55.4 Å². The van der Waals surface area contributed by atoms with E-state index >= 15 is 0 Å². The van der Waals surface area contributed by atoms with E-state index < -0.39 is 5.97 Å². The Morgan fingerprint density at radius 1 is 1.35 bits per heavy atom. The number of carbonyl (C=O) groups is 1. The van der Waals surface area contributed by atoms with Crippen LogP contribution in [0.15, 0.2) is 47.2 Å². The summed E-state index contributed by atoms with van der Waals surface area (Å²) in [6.07, 6.45) is 3.50. The second-order valence-electron chi connectivity index (χ2n) is 4.22. The maximum atomic E-state index is 11.3. The van der Waals surface area contributed by atoms with Crippen LogP contribution in [-0.2, 0) is 0 Å². The van der Waals surface area contributed by atoms with Crippen molar-refractivity contribution in [1.29, 1.82) is 0 Å². The van der Waals surface area contributed by atoms with Gasteiger partial charge in [0.25, 0.3) is 0 Å². The van der Waals surface area contributed by atoms with Gasteiger partial charge in [0.2, 0.25) is 0 Å². The van der Waals surface area contributed by atoms with E-state index in [4.69, 9.17) is 0 Å². The third-order valence-electron chi connectivity index (χ3n) is 2.92. The fourth-order valence-electron chi connectivity index (χ4n) is 2.11. The summed E-state index contributed by atoms with van der Waals surface area (Å²) >= 11 is 5.49. The normalized spacial score (nSPS) is 10.9. The molecule has 0 spiro atoms. The summed E-state index contributed by atoms with van der Waals surface area (Å²) in [4.78, 5) is 15.8. The van der Waals surface area contributed by atoms with Crippen LogP contribution in [0, 0.1) is 3.57 Å². The third-order valence-corrected chi connectivity index (χ3v) is 3.95. The molecule has 0 aliphatic rings. The predicted octanol–water partition coefficient (Wildman–Crippen LogP) is 4.09. The number of aromatic carboxylic acids is 1. The SMILES string of the molecule is O=C(O)c1cc(I)cn1-c1cccc2cc(Br)cnc12. The van der Waals surface area contributed by atoms with Crippen molar-refractivity contribution in [3.8, 4) is 5.69 Å². The number of carboxylic acid groups (broad SMARTS) is 1. The zero-order valence-corrected chi connectivity index (χ0v) is 13.8. The first-order valence-electron chi connectivity index (χ1n) is 5.72. The molecule has 3 rings (SSSR count). The Morgan fingerprint density at radius 2 is 2.15 bits per heavy atom. The number of hydrogen-bond acceptors (Lipinski definition) is 2. The zero-order chi connectivity index (χ0) is 14.3. The first kappa shape index (κ1) is 13.6. The molecule has 100 valence electrons. The van der Waals surface area contributed by atoms with Gasteiger partial charge in [0.05, 0.1) is 11.2 Å². The van der Waals surface area contributed by atoms with Crippen LogP contribution in [0.2, 0.25) is 0 Å². The van der Waals surface area contributed by atoms with Crippen molar-refractivity contribution in [2.45, 2.75) is 0 Å². The van der Waals surface area contributed by atoms with Crippen LogP contribution in [0.4, 0.5) is 0 Å². The molecule has 2 heterocycles. The lowest BCUT2D eigenvalue weighted by molar-refractivity contribution is 0.0688. The van der Waals surface area contributed by atoms with Crippen LogP contribution in [0.5, 0.6) is 0 Å². The van der Waals surface area contributed by atoms with Gasteiger partial charge in [-0.15, -0.1) is 0 Å². The number of carboxylic acids is 1. The quantitative estimate of drug-likeness (QED) is 0.608. The van der Waals surface area contributed by atoms with Gasteiger partial charge in [-0.3, -0.25) is 4.98 Å². The lowest BCUT2D eigenvalue weighted by Gasteiger charge is -2.09. The summed E-state index contributed by atoms with van der Waals surface area (Å²) in [5.74, 6) is -0.956. The second kappa shape index (κ2) is 5.17. The summed E-state index contributed by atoms with van der Waals surface area (Å²) in [6, 6.07) is 9.31. The van der Waals surface area contributed by atoms with Gasteiger partial charge < -0.3 is 9.67 Å². The molecular weight excluding hydrogens is 435 g/mol. The minimum Gasteiger partial charge on any atom is -0.477 e. The molecule has 0 amide bonds.